The van der Waals surface area contributed by atoms with Crippen molar-refractivity contribution in [1.29, 1.82) is 0 Å². The standard InChI is InChI=1S/C25H31NO7/c1-23-7-6-17(28)24(2,12-27)16(23)10-18(29)25(3)21(23)20(30)19-15(33-25)9-14(32-22(19)31)13-5-4-8-26-11-13/h4-5,8-9,11,16-18,20-21,27-30H,6-7,10,12H2,1-3H3/t16?,17-,18-,20-,21?,23?,24+,25?/m0/s1. The second kappa shape index (κ2) is 7.37. The van der Waals surface area contributed by atoms with Crippen LogP contribution in [-0.2, 0) is 0 Å². The Labute approximate surface area is 191 Å². The number of aliphatic hydroxyl groups is 4. The van der Waals surface area contributed by atoms with E-state index >= 15 is 0 Å². The number of ether oxygens (including phenoxy) is 1. The monoisotopic (exact) mass is 457 g/mol. The highest BCUT2D eigenvalue weighted by molar-refractivity contribution is 5.59. The first-order valence-corrected chi connectivity index (χ1v) is 11.5. The molecule has 2 aromatic rings. The number of pyridine rings is 1. The van der Waals surface area contributed by atoms with Crippen LogP contribution in [0.5, 0.6) is 5.75 Å². The van der Waals surface area contributed by atoms with Crippen molar-refractivity contribution in [2.75, 3.05) is 6.61 Å². The van der Waals surface area contributed by atoms with Crippen LogP contribution >= 0.6 is 0 Å². The molecule has 4 N–H and O–H groups in total. The summed E-state index contributed by atoms with van der Waals surface area (Å²) in [6.45, 7) is 5.37. The van der Waals surface area contributed by atoms with E-state index in [2.05, 4.69) is 4.98 Å². The second-order valence-electron chi connectivity index (χ2n) is 10.7. The zero-order chi connectivity index (χ0) is 23.8. The van der Waals surface area contributed by atoms with Crippen LogP contribution in [0.1, 0.15) is 51.7 Å². The van der Waals surface area contributed by atoms with E-state index in [0.29, 0.717) is 24.8 Å². The molecule has 0 spiro atoms. The Morgan fingerprint density at radius 1 is 1.18 bits per heavy atom. The van der Waals surface area contributed by atoms with E-state index in [1.54, 1.807) is 37.5 Å². The molecule has 8 nitrogen and oxygen atoms in total. The van der Waals surface area contributed by atoms with Crippen LogP contribution in [0.3, 0.4) is 0 Å². The molecular weight excluding hydrogens is 426 g/mol. The van der Waals surface area contributed by atoms with Gasteiger partial charge in [0.2, 0.25) is 0 Å². The van der Waals surface area contributed by atoms with E-state index in [0.717, 1.165) is 0 Å². The van der Waals surface area contributed by atoms with Crippen LogP contribution in [0.2, 0.25) is 0 Å². The average molecular weight is 458 g/mol. The lowest BCUT2D eigenvalue weighted by molar-refractivity contribution is -0.264. The Morgan fingerprint density at radius 3 is 2.61 bits per heavy atom. The van der Waals surface area contributed by atoms with E-state index in [-0.39, 0.29) is 29.6 Å². The Hall–Kier alpha value is -2.26. The summed E-state index contributed by atoms with van der Waals surface area (Å²) in [5, 5.41) is 43.9. The van der Waals surface area contributed by atoms with E-state index in [1.165, 1.54) is 0 Å². The Balaban J connectivity index is 1.65. The predicted octanol–water partition coefficient (Wildman–Crippen LogP) is 2.04. The van der Waals surface area contributed by atoms with E-state index in [1.807, 2.05) is 13.8 Å². The van der Waals surface area contributed by atoms with Gasteiger partial charge in [-0.1, -0.05) is 13.8 Å². The number of rotatable bonds is 2. The largest absolute Gasteiger partial charge is 0.484 e. The van der Waals surface area contributed by atoms with E-state index in [4.69, 9.17) is 9.15 Å². The van der Waals surface area contributed by atoms with Crippen LogP contribution in [0.4, 0.5) is 0 Å². The topological polar surface area (TPSA) is 133 Å². The van der Waals surface area contributed by atoms with Crippen LogP contribution in [-0.4, -0.2) is 49.8 Å². The summed E-state index contributed by atoms with van der Waals surface area (Å²) in [4.78, 5) is 17.1. The molecule has 2 aliphatic carbocycles. The fourth-order valence-corrected chi connectivity index (χ4v) is 7.08. The number of hydrogen-bond donors (Lipinski definition) is 4. The molecule has 0 bridgehead atoms. The van der Waals surface area contributed by atoms with Crippen molar-refractivity contribution in [2.24, 2.45) is 22.7 Å². The molecule has 0 radical (unpaired) electrons. The summed E-state index contributed by atoms with van der Waals surface area (Å²) >= 11 is 0. The molecule has 0 aromatic carbocycles. The lowest BCUT2D eigenvalue weighted by Crippen LogP contribution is -2.70. The molecular formula is C25H31NO7. The summed E-state index contributed by atoms with van der Waals surface area (Å²) in [7, 11) is 0. The fourth-order valence-electron chi connectivity index (χ4n) is 7.08. The third-order valence-electron chi connectivity index (χ3n) is 8.94. The number of nitrogens with zero attached hydrogens (tertiary/aromatic N) is 1. The van der Waals surface area contributed by atoms with Crippen molar-refractivity contribution < 1.29 is 29.6 Å². The van der Waals surface area contributed by atoms with Gasteiger partial charge >= 0.3 is 5.63 Å². The summed E-state index contributed by atoms with van der Waals surface area (Å²) in [5.41, 5.74) is -2.67. The summed E-state index contributed by atoms with van der Waals surface area (Å²) in [6.07, 6.45) is 1.56. The summed E-state index contributed by atoms with van der Waals surface area (Å²) < 4.78 is 11.9. The summed E-state index contributed by atoms with van der Waals surface area (Å²) in [5.74, 6) is -0.465. The lowest BCUT2D eigenvalue weighted by atomic mass is 9.42. The molecule has 178 valence electrons. The number of aliphatic hydroxyl groups excluding tert-OH is 4. The zero-order valence-electron chi connectivity index (χ0n) is 19.1. The molecule has 5 rings (SSSR count). The third-order valence-corrected chi connectivity index (χ3v) is 8.94. The maximum atomic E-state index is 13.1. The van der Waals surface area contributed by atoms with Gasteiger partial charge in [-0.15, -0.1) is 0 Å². The van der Waals surface area contributed by atoms with Gasteiger partial charge in [0, 0.05) is 35.4 Å². The fraction of sp³-hybridized carbons (Fsp3) is 0.600. The van der Waals surface area contributed by atoms with Crippen LogP contribution in [0.15, 0.2) is 39.8 Å². The van der Waals surface area contributed by atoms with E-state index < -0.39 is 46.3 Å². The first-order valence-electron chi connectivity index (χ1n) is 11.5. The smallest absolute Gasteiger partial charge is 0.345 e. The zero-order valence-corrected chi connectivity index (χ0v) is 19.1. The Kier molecular flexibility index (Phi) is 5.03. The number of aromatic nitrogens is 1. The molecule has 1 aliphatic heterocycles. The molecule has 33 heavy (non-hydrogen) atoms. The number of hydrogen-bond acceptors (Lipinski definition) is 8. The molecule has 0 saturated heterocycles. The van der Waals surface area contributed by atoms with Crippen molar-refractivity contribution in [3.8, 4) is 17.1 Å². The van der Waals surface area contributed by atoms with Gasteiger partial charge in [0.1, 0.15) is 22.7 Å². The highest BCUT2D eigenvalue weighted by atomic mass is 16.5. The molecule has 3 aliphatic rings. The summed E-state index contributed by atoms with van der Waals surface area (Å²) in [6, 6.07) is 5.05. The molecule has 8 heteroatoms. The highest BCUT2D eigenvalue weighted by Crippen LogP contribution is 2.66. The molecule has 0 amide bonds. The molecule has 2 aromatic heterocycles. The quantitative estimate of drug-likeness (QED) is 0.539. The maximum absolute atomic E-state index is 13.1. The van der Waals surface area contributed by atoms with Gasteiger partial charge < -0.3 is 29.6 Å². The van der Waals surface area contributed by atoms with Crippen molar-refractivity contribution in [3.63, 3.8) is 0 Å². The SMILES string of the molecule is CC12CC[C@H](O)[C@](C)(CO)C1C[C@H](O)C1(C)Oc3cc(-c4cccnc4)oc(=O)c3[C@H](O)C21. The van der Waals surface area contributed by atoms with Crippen molar-refractivity contribution in [2.45, 2.75) is 63.9 Å². The van der Waals surface area contributed by atoms with E-state index in [9.17, 15) is 25.2 Å². The molecule has 2 saturated carbocycles. The first kappa shape index (κ1) is 22.5. The predicted molar refractivity (Wildman–Crippen MR) is 118 cm³/mol. The first-order chi connectivity index (χ1) is 15.6. The van der Waals surface area contributed by atoms with Gasteiger partial charge in [-0.3, -0.25) is 4.98 Å². The minimum absolute atomic E-state index is 0.0380. The molecule has 4 unspecified atom stereocenters. The van der Waals surface area contributed by atoms with Crippen LogP contribution < -0.4 is 10.4 Å². The van der Waals surface area contributed by atoms with Crippen molar-refractivity contribution in [1.82, 2.24) is 4.98 Å². The third kappa shape index (κ3) is 2.97. The Bertz CT molecular complexity index is 1120. The molecule has 8 atom stereocenters. The molecule has 3 heterocycles. The van der Waals surface area contributed by atoms with Gasteiger partial charge in [0.25, 0.3) is 0 Å². The van der Waals surface area contributed by atoms with Gasteiger partial charge in [0.15, 0.2) is 0 Å². The second-order valence-corrected chi connectivity index (χ2v) is 10.7. The minimum atomic E-state index is -1.24. The average Bonchev–Trinajstić information content (AvgIpc) is 2.78. The number of fused-ring (bicyclic) bond motifs is 4. The van der Waals surface area contributed by atoms with Gasteiger partial charge in [-0.2, -0.15) is 0 Å². The maximum Gasteiger partial charge on any atom is 0.345 e. The highest BCUT2D eigenvalue weighted by Gasteiger charge is 2.68. The molecule has 2 fully saturated rings. The lowest BCUT2D eigenvalue weighted by Gasteiger charge is -2.66. The van der Waals surface area contributed by atoms with Crippen LogP contribution in [0.25, 0.3) is 11.3 Å². The van der Waals surface area contributed by atoms with Crippen molar-refractivity contribution >= 4 is 0 Å². The minimum Gasteiger partial charge on any atom is -0.484 e. The van der Waals surface area contributed by atoms with Gasteiger partial charge in [-0.05, 0) is 49.7 Å². The van der Waals surface area contributed by atoms with Crippen molar-refractivity contribution in [3.05, 3.63) is 46.6 Å². The van der Waals surface area contributed by atoms with Crippen LogP contribution in [0, 0.1) is 22.7 Å². The van der Waals surface area contributed by atoms with Gasteiger partial charge in [0.05, 0.1) is 24.9 Å². The van der Waals surface area contributed by atoms with Gasteiger partial charge in [-0.25, -0.2) is 4.79 Å². The Morgan fingerprint density at radius 2 is 1.94 bits per heavy atom. The normalized spacial score (nSPS) is 42.0.